The van der Waals surface area contributed by atoms with Crippen LogP contribution in [-0.2, 0) is 0 Å². The molecule has 2 aromatic rings. The molecule has 20 heavy (non-hydrogen) atoms. The second kappa shape index (κ2) is 6.70. The molecule has 0 saturated carbocycles. The third-order valence-corrected chi connectivity index (χ3v) is 6.40. The third-order valence-electron chi connectivity index (χ3n) is 3.55. The molecule has 2 atom stereocenters. The molecular formula is C17H18OS2. The summed E-state index contributed by atoms with van der Waals surface area (Å²) in [5.41, 5.74) is 3.45. The van der Waals surface area contributed by atoms with Gasteiger partial charge in [0.15, 0.2) is 0 Å². The van der Waals surface area contributed by atoms with Crippen LogP contribution in [0.1, 0.15) is 11.7 Å². The molecule has 0 aromatic heterocycles. The molecule has 1 saturated heterocycles. The largest absolute Gasteiger partial charge is 0.387 e. The second-order valence-electron chi connectivity index (χ2n) is 4.92. The molecule has 0 spiro atoms. The van der Waals surface area contributed by atoms with Crippen molar-refractivity contribution >= 4 is 23.5 Å². The van der Waals surface area contributed by atoms with Crippen molar-refractivity contribution in [1.29, 1.82) is 0 Å². The molecule has 2 unspecified atom stereocenters. The number of thioether (sulfide) groups is 2. The lowest BCUT2D eigenvalue weighted by Gasteiger charge is -2.26. The maximum Gasteiger partial charge on any atom is 0.0916 e. The standard InChI is InChI=1S/C17H18OS2/c18-17(16-12-19-10-11-20-16)15-8-6-14(7-9-15)13-4-2-1-3-5-13/h1-9,16-18H,10-12H2. The van der Waals surface area contributed by atoms with Gasteiger partial charge in [-0.05, 0) is 16.7 Å². The van der Waals surface area contributed by atoms with Gasteiger partial charge in [-0.25, -0.2) is 0 Å². The average Bonchev–Trinajstić information content (AvgIpc) is 2.56. The molecule has 1 aliphatic heterocycles. The van der Waals surface area contributed by atoms with E-state index in [0.717, 1.165) is 17.1 Å². The lowest BCUT2D eigenvalue weighted by atomic mass is 10.0. The lowest BCUT2D eigenvalue weighted by Crippen LogP contribution is -2.22. The Balaban J connectivity index is 1.75. The van der Waals surface area contributed by atoms with E-state index in [-0.39, 0.29) is 6.10 Å². The summed E-state index contributed by atoms with van der Waals surface area (Å²) >= 11 is 3.84. The maximum atomic E-state index is 10.5. The van der Waals surface area contributed by atoms with Crippen LogP contribution in [0.5, 0.6) is 0 Å². The number of hydrogen-bond acceptors (Lipinski definition) is 3. The smallest absolute Gasteiger partial charge is 0.0916 e. The van der Waals surface area contributed by atoms with Crippen LogP contribution < -0.4 is 0 Å². The van der Waals surface area contributed by atoms with Crippen LogP contribution in [0.25, 0.3) is 11.1 Å². The summed E-state index contributed by atoms with van der Waals surface area (Å²) < 4.78 is 0. The van der Waals surface area contributed by atoms with Gasteiger partial charge in [0.1, 0.15) is 0 Å². The van der Waals surface area contributed by atoms with Crippen LogP contribution in [0.3, 0.4) is 0 Å². The Morgan fingerprint density at radius 2 is 1.60 bits per heavy atom. The van der Waals surface area contributed by atoms with Crippen LogP contribution in [0.15, 0.2) is 54.6 Å². The first-order chi connectivity index (χ1) is 9.84. The van der Waals surface area contributed by atoms with E-state index >= 15 is 0 Å². The molecule has 1 heterocycles. The molecule has 0 amide bonds. The molecule has 0 radical (unpaired) electrons. The van der Waals surface area contributed by atoms with Crippen molar-refractivity contribution in [3.05, 3.63) is 60.2 Å². The molecular weight excluding hydrogens is 284 g/mol. The highest BCUT2D eigenvalue weighted by Crippen LogP contribution is 2.34. The summed E-state index contributed by atoms with van der Waals surface area (Å²) in [5.74, 6) is 3.40. The predicted molar refractivity (Wildman–Crippen MR) is 90.4 cm³/mol. The maximum absolute atomic E-state index is 10.5. The van der Waals surface area contributed by atoms with Crippen LogP contribution in [-0.4, -0.2) is 27.6 Å². The SMILES string of the molecule is OC(c1ccc(-c2ccccc2)cc1)C1CSCCS1. The monoisotopic (exact) mass is 302 g/mol. The van der Waals surface area contributed by atoms with Crippen LogP contribution in [0.2, 0.25) is 0 Å². The van der Waals surface area contributed by atoms with Gasteiger partial charge in [-0.3, -0.25) is 0 Å². The summed E-state index contributed by atoms with van der Waals surface area (Å²) in [6.45, 7) is 0. The first kappa shape index (κ1) is 14.1. The van der Waals surface area contributed by atoms with E-state index in [0.29, 0.717) is 5.25 Å². The number of aliphatic hydroxyl groups is 1. The highest BCUT2D eigenvalue weighted by atomic mass is 32.2. The zero-order chi connectivity index (χ0) is 13.8. The van der Waals surface area contributed by atoms with Gasteiger partial charge < -0.3 is 5.11 Å². The number of hydrogen-bond donors (Lipinski definition) is 1. The van der Waals surface area contributed by atoms with Crippen molar-refractivity contribution < 1.29 is 5.11 Å². The Morgan fingerprint density at radius 3 is 2.25 bits per heavy atom. The zero-order valence-electron chi connectivity index (χ0n) is 11.2. The molecule has 1 aliphatic rings. The van der Waals surface area contributed by atoms with Gasteiger partial charge in [0.05, 0.1) is 6.10 Å². The molecule has 3 heteroatoms. The fraction of sp³-hybridized carbons (Fsp3) is 0.294. The van der Waals surface area contributed by atoms with Gasteiger partial charge in [-0.1, -0.05) is 54.6 Å². The zero-order valence-corrected chi connectivity index (χ0v) is 12.9. The van der Waals surface area contributed by atoms with Gasteiger partial charge >= 0.3 is 0 Å². The summed E-state index contributed by atoms with van der Waals surface area (Å²) in [5, 5.41) is 10.8. The van der Waals surface area contributed by atoms with E-state index in [9.17, 15) is 5.11 Å². The summed E-state index contributed by atoms with van der Waals surface area (Å²) in [7, 11) is 0. The minimum absolute atomic E-state index is 0.330. The topological polar surface area (TPSA) is 20.2 Å². The Hall–Kier alpha value is -0.900. The van der Waals surface area contributed by atoms with Crippen LogP contribution >= 0.6 is 23.5 Å². The van der Waals surface area contributed by atoms with Gasteiger partial charge in [-0.2, -0.15) is 23.5 Å². The summed E-state index contributed by atoms with van der Waals surface area (Å²) in [6, 6.07) is 18.7. The highest BCUT2D eigenvalue weighted by Gasteiger charge is 2.23. The first-order valence-electron chi connectivity index (χ1n) is 6.87. The molecule has 1 nitrogen and oxygen atoms in total. The summed E-state index contributed by atoms with van der Waals surface area (Å²) in [4.78, 5) is 0. The minimum atomic E-state index is -0.349. The molecule has 0 aliphatic carbocycles. The normalized spacial score (nSPS) is 20.6. The molecule has 104 valence electrons. The predicted octanol–water partition coefficient (Wildman–Crippen LogP) is 4.24. The Kier molecular flexibility index (Phi) is 4.71. The second-order valence-corrected chi connectivity index (χ2v) is 7.41. The number of benzene rings is 2. The van der Waals surface area contributed by atoms with E-state index in [1.165, 1.54) is 16.9 Å². The van der Waals surface area contributed by atoms with E-state index in [1.54, 1.807) is 0 Å². The fourth-order valence-corrected chi connectivity index (χ4v) is 5.16. The average molecular weight is 302 g/mol. The van der Waals surface area contributed by atoms with Crippen molar-refractivity contribution in [3.8, 4) is 11.1 Å². The first-order valence-corrected chi connectivity index (χ1v) is 9.08. The highest BCUT2D eigenvalue weighted by molar-refractivity contribution is 8.06. The molecule has 1 fully saturated rings. The molecule has 1 N–H and O–H groups in total. The van der Waals surface area contributed by atoms with E-state index in [4.69, 9.17) is 0 Å². The Labute approximate surface area is 128 Å². The van der Waals surface area contributed by atoms with Crippen molar-refractivity contribution in [2.45, 2.75) is 11.4 Å². The van der Waals surface area contributed by atoms with E-state index in [1.807, 2.05) is 41.7 Å². The van der Waals surface area contributed by atoms with Crippen LogP contribution in [0, 0.1) is 0 Å². The fourth-order valence-electron chi connectivity index (χ4n) is 2.41. The van der Waals surface area contributed by atoms with E-state index < -0.39 is 0 Å². The number of aliphatic hydroxyl groups excluding tert-OH is 1. The van der Waals surface area contributed by atoms with Crippen molar-refractivity contribution in [3.63, 3.8) is 0 Å². The molecule has 0 bridgehead atoms. The molecule has 3 rings (SSSR count). The van der Waals surface area contributed by atoms with Gasteiger partial charge in [0, 0.05) is 22.5 Å². The minimum Gasteiger partial charge on any atom is -0.387 e. The Bertz CT molecular complexity index is 533. The van der Waals surface area contributed by atoms with Crippen molar-refractivity contribution in [2.24, 2.45) is 0 Å². The Morgan fingerprint density at radius 1 is 0.900 bits per heavy atom. The van der Waals surface area contributed by atoms with Gasteiger partial charge in [-0.15, -0.1) is 0 Å². The number of rotatable bonds is 3. The van der Waals surface area contributed by atoms with Crippen molar-refractivity contribution in [1.82, 2.24) is 0 Å². The quantitative estimate of drug-likeness (QED) is 0.916. The van der Waals surface area contributed by atoms with Gasteiger partial charge in [0.25, 0.3) is 0 Å². The van der Waals surface area contributed by atoms with E-state index in [2.05, 4.69) is 36.4 Å². The molecule has 2 aromatic carbocycles. The third kappa shape index (κ3) is 3.22. The summed E-state index contributed by atoms with van der Waals surface area (Å²) in [6.07, 6.45) is -0.349. The van der Waals surface area contributed by atoms with Crippen molar-refractivity contribution in [2.75, 3.05) is 17.3 Å². The van der Waals surface area contributed by atoms with Crippen LogP contribution in [0.4, 0.5) is 0 Å². The lowest BCUT2D eigenvalue weighted by molar-refractivity contribution is 0.180. The van der Waals surface area contributed by atoms with Gasteiger partial charge in [0.2, 0.25) is 0 Å².